The minimum atomic E-state index is -0.271. The Morgan fingerprint density at radius 3 is 2.52 bits per heavy atom. The van der Waals surface area contributed by atoms with Gasteiger partial charge >= 0.3 is 5.97 Å². The molecule has 10 atom stereocenters. The lowest BCUT2D eigenvalue weighted by atomic mass is 9.41. The van der Waals surface area contributed by atoms with E-state index in [0.29, 0.717) is 54.1 Å². The number of rotatable bonds is 5. The zero-order chi connectivity index (χ0) is 22.6. The number of carbonyl (C=O) groups excluding carboxylic acids is 2. The summed E-state index contributed by atoms with van der Waals surface area (Å²) in [6.45, 7) is 9.49. The van der Waals surface area contributed by atoms with E-state index in [0.717, 1.165) is 25.7 Å². The third-order valence-electron chi connectivity index (χ3n) is 11.0. The molecule has 4 saturated carbocycles. The third-order valence-corrected chi connectivity index (χ3v) is 11.0. The van der Waals surface area contributed by atoms with Crippen LogP contribution in [0, 0.1) is 52.3 Å². The first-order chi connectivity index (χ1) is 14.7. The number of Topliss-reactive ketones (excluding diaryl/α,β-unsaturated/α-hetero) is 1. The molecule has 4 fully saturated rings. The van der Waals surface area contributed by atoms with Crippen LogP contribution in [0.4, 0.5) is 0 Å². The summed E-state index contributed by atoms with van der Waals surface area (Å²) in [6, 6.07) is 0. The summed E-state index contributed by atoms with van der Waals surface area (Å²) >= 11 is 0. The van der Waals surface area contributed by atoms with Crippen molar-refractivity contribution in [2.45, 2.75) is 98.0 Å². The molecule has 31 heavy (non-hydrogen) atoms. The second-order valence-electron chi connectivity index (χ2n) is 12.0. The van der Waals surface area contributed by atoms with Gasteiger partial charge in [-0.3, -0.25) is 9.59 Å². The van der Waals surface area contributed by atoms with Gasteiger partial charge in [-0.15, -0.1) is 0 Å². The van der Waals surface area contributed by atoms with Crippen LogP contribution in [0.25, 0.3) is 0 Å². The Labute approximate surface area is 188 Å². The lowest BCUT2D eigenvalue weighted by Crippen LogP contribution is -2.61. The van der Waals surface area contributed by atoms with Crippen molar-refractivity contribution in [3.63, 3.8) is 0 Å². The fourth-order valence-corrected chi connectivity index (χ4v) is 9.39. The molecule has 4 nitrogen and oxygen atoms in total. The number of hydrogen-bond donors (Lipinski definition) is 1. The van der Waals surface area contributed by atoms with Crippen molar-refractivity contribution < 1.29 is 19.4 Å². The second kappa shape index (κ2) is 8.47. The normalized spacial score (nSPS) is 47.8. The van der Waals surface area contributed by atoms with E-state index in [9.17, 15) is 14.7 Å². The molecule has 4 aliphatic rings. The molecule has 0 heterocycles. The van der Waals surface area contributed by atoms with Gasteiger partial charge in [-0.2, -0.15) is 0 Å². The SMILES string of the molecule is CC[C@H]1[C@@H](O)C2C3CCC([C@H](C)CCC(=O)OC)[C@@]3(C)CCC2[C@@]2(C)CCC(=O)C[C@@H]12. The molecule has 0 bridgehead atoms. The lowest BCUT2D eigenvalue weighted by molar-refractivity contribution is -0.194. The Morgan fingerprint density at radius 1 is 1.13 bits per heavy atom. The maximum absolute atomic E-state index is 12.4. The second-order valence-corrected chi connectivity index (χ2v) is 12.0. The highest BCUT2D eigenvalue weighted by Crippen LogP contribution is 2.69. The van der Waals surface area contributed by atoms with Crippen LogP contribution in [0.3, 0.4) is 0 Å². The standard InChI is InChI=1S/C27H44O4/c1-6-18-22-15-17(28)11-13-27(22,4)21-12-14-26(3)19(16(2)7-10-23(29)31-5)8-9-20(26)24(21)25(18)30/h16,18-22,24-25,30H,6-15H2,1-5H3/t16-,18-,19?,20?,21?,22+,24?,25-,26-,27-/m1/s1. The summed E-state index contributed by atoms with van der Waals surface area (Å²) in [5, 5.41) is 11.7. The molecule has 176 valence electrons. The summed E-state index contributed by atoms with van der Waals surface area (Å²) in [7, 11) is 1.47. The van der Waals surface area contributed by atoms with Crippen molar-refractivity contribution in [2.75, 3.05) is 7.11 Å². The monoisotopic (exact) mass is 432 g/mol. The molecule has 1 N–H and O–H groups in total. The molecule has 4 aliphatic carbocycles. The smallest absolute Gasteiger partial charge is 0.305 e. The third kappa shape index (κ3) is 3.60. The fourth-order valence-electron chi connectivity index (χ4n) is 9.39. The molecule has 0 amide bonds. The molecule has 0 radical (unpaired) electrons. The largest absolute Gasteiger partial charge is 0.469 e. The van der Waals surface area contributed by atoms with Gasteiger partial charge in [-0.05, 0) is 90.8 Å². The van der Waals surface area contributed by atoms with Gasteiger partial charge in [-0.1, -0.05) is 34.1 Å². The molecule has 0 saturated heterocycles. The number of ketones is 1. The molecule has 0 aromatic carbocycles. The number of fused-ring (bicyclic) bond motifs is 5. The van der Waals surface area contributed by atoms with Crippen LogP contribution in [-0.4, -0.2) is 30.1 Å². The van der Waals surface area contributed by atoms with Crippen LogP contribution in [0.1, 0.15) is 91.9 Å². The molecule has 4 unspecified atom stereocenters. The van der Waals surface area contributed by atoms with E-state index >= 15 is 0 Å². The van der Waals surface area contributed by atoms with Crippen molar-refractivity contribution in [2.24, 2.45) is 52.3 Å². The Bertz CT molecular complexity index is 703. The van der Waals surface area contributed by atoms with E-state index in [4.69, 9.17) is 4.74 Å². The number of aliphatic hydroxyl groups excluding tert-OH is 1. The summed E-state index contributed by atoms with van der Waals surface area (Å²) in [5.41, 5.74) is 0.456. The predicted octanol–water partition coefficient (Wildman–Crippen LogP) is 5.41. The van der Waals surface area contributed by atoms with Crippen LogP contribution in [-0.2, 0) is 14.3 Å². The van der Waals surface area contributed by atoms with Gasteiger partial charge in [0.25, 0.3) is 0 Å². The number of aliphatic hydroxyl groups is 1. The quantitative estimate of drug-likeness (QED) is 0.590. The van der Waals surface area contributed by atoms with Crippen molar-refractivity contribution >= 4 is 11.8 Å². The van der Waals surface area contributed by atoms with E-state index in [2.05, 4.69) is 27.7 Å². The minimum absolute atomic E-state index is 0.102. The highest BCUT2D eigenvalue weighted by atomic mass is 16.5. The van der Waals surface area contributed by atoms with Crippen molar-refractivity contribution in [3.8, 4) is 0 Å². The maximum Gasteiger partial charge on any atom is 0.305 e. The topological polar surface area (TPSA) is 63.6 Å². The van der Waals surface area contributed by atoms with E-state index in [1.165, 1.54) is 32.8 Å². The van der Waals surface area contributed by atoms with E-state index in [1.807, 2.05) is 0 Å². The first-order valence-electron chi connectivity index (χ1n) is 12.9. The van der Waals surface area contributed by atoms with E-state index < -0.39 is 0 Å². The fraction of sp³-hybridized carbons (Fsp3) is 0.926. The van der Waals surface area contributed by atoms with Crippen LogP contribution in [0.15, 0.2) is 0 Å². The zero-order valence-electron chi connectivity index (χ0n) is 20.4. The number of carbonyl (C=O) groups is 2. The van der Waals surface area contributed by atoms with Gasteiger partial charge in [0.15, 0.2) is 0 Å². The molecule has 0 aromatic rings. The molecule has 4 heteroatoms. The Morgan fingerprint density at radius 2 is 1.84 bits per heavy atom. The Kier molecular flexibility index (Phi) is 6.35. The maximum atomic E-state index is 12.4. The average Bonchev–Trinajstić information content (AvgIpc) is 3.10. The van der Waals surface area contributed by atoms with Crippen molar-refractivity contribution in [1.82, 2.24) is 0 Å². The van der Waals surface area contributed by atoms with Gasteiger partial charge in [0.1, 0.15) is 5.78 Å². The average molecular weight is 433 g/mol. The van der Waals surface area contributed by atoms with Crippen LogP contribution in [0.5, 0.6) is 0 Å². The number of methoxy groups -OCH3 is 1. The van der Waals surface area contributed by atoms with Crippen molar-refractivity contribution in [1.29, 1.82) is 0 Å². The first-order valence-corrected chi connectivity index (χ1v) is 12.9. The van der Waals surface area contributed by atoms with Crippen LogP contribution < -0.4 is 0 Å². The summed E-state index contributed by atoms with van der Waals surface area (Å²) < 4.78 is 4.88. The highest BCUT2D eigenvalue weighted by molar-refractivity contribution is 5.79. The zero-order valence-corrected chi connectivity index (χ0v) is 20.4. The molecule has 4 rings (SSSR count). The van der Waals surface area contributed by atoms with Gasteiger partial charge < -0.3 is 9.84 Å². The predicted molar refractivity (Wildman–Crippen MR) is 121 cm³/mol. The number of hydrogen-bond acceptors (Lipinski definition) is 4. The number of ether oxygens (including phenoxy) is 1. The van der Waals surface area contributed by atoms with Crippen LogP contribution >= 0.6 is 0 Å². The molecule has 0 aromatic heterocycles. The molecular weight excluding hydrogens is 388 g/mol. The molecular formula is C27H44O4. The van der Waals surface area contributed by atoms with Gasteiger partial charge in [-0.25, -0.2) is 0 Å². The summed E-state index contributed by atoms with van der Waals surface area (Å²) in [6.07, 6.45) is 9.38. The van der Waals surface area contributed by atoms with Gasteiger partial charge in [0.2, 0.25) is 0 Å². The van der Waals surface area contributed by atoms with Gasteiger partial charge in [0.05, 0.1) is 13.2 Å². The highest BCUT2D eigenvalue weighted by Gasteiger charge is 2.64. The lowest BCUT2D eigenvalue weighted by Gasteiger charge is -2.64. The molecule has 0 spiro atoms. The summed E-state index contributed by atoms with van der Waals surface area (Å²) in [5.74, 6) is 3.53. The van der Waals surface area contributed by atoms with Crippen LogP contribution in [0.2, 0.25) is 0 Å². The minimum Gasteiger partial charge on any atom is -0.469 e. The van der Waals surface area contributed by atoms with E-state index in [1.54, 1.807) is 0 Å². The Hall–Kier alpha value is -0.900. The summed E-state index contributed by atoms with van der Waals surface area (Å²) in [4.78, 5) is 24.1. The van der Waals surface area contributed by atoms with Gasteiger partial charge in [0, 0.05) is 19.3 Å². The first kappa shape index (κ1) is 23.3. The van der Waals surface area contributed by atoms with Crippen molar-refractivity contribution in [3.05, 3.63) is 0 Å². The molecule has 0 aliphatic heterocycles. The number of esters is 1. The Balaban J connectivity index is 1.59. The van der Waals surface area contributed by atoms with E-state index in [-0.39, 0.29) is 28.8 Å².